The fraction of sp³-hybridized carbons (Fsp3) is 0.368. The molecule has 0 aliphatic rings. The molecule has 0 unspecified atom stereocenters. The van der Waals surface area contributed by atoms with Crippen LogP contribution in [0.15, 0.2) is 58.3 Å². The quantitative estimate of drug-likeness (QED) is 0.537. The molecule has 0 aliphatic heterocycles. The van der Waals surface area contributed by atoms with Crippen LogP contribution in [0.25, 0.3) is 0 Å². The lowest BCUT2D eigenvalue weighted by Gasteiger charge is -2.17. The molecule has 7 nitrogen and oxygen atoms in total. The lowest BCUT2D eigenvalue weighted by atomic mass is 10.2. The Hall–Kier alpha value is -1.78. The Balaban J connectivity index is 2.00. The highest BCUT2D eigenvalue weighted by atomic mass is 32.2. The van der Waals surface area contributed by atoms with Crippen LogP contribution in [0, 0.1) is 13.8 Å². The Morgan fingerprint density at radius 2 is 1.25 bits per heavy atom. The van der Waals surface area contributed by atoms with Crippen LogP contribution < -0.4 is 0 Å². The summed E-state index contributed by atoms with van der Waals surface area (Å²) in [5.41, 5.74) is 1.84. The van der Waals surface area contributed by atoms with Crippen molar-refractivity contribution < 1.29 is 29.9 Å². The molecule has 0 saturated carbocycles. The van der Waals surface area contributed by atoms with Gasteiger partial charge in [0, 0.05) is 13.5 Å². The Bertz CT molecular complexity index is 964. The molecule has 0 amide bonds. The van der Waals surface area contributed by atoms with Gasteiger partial charge in [-0.1, -0.05) is 35.4 Å². The van der Waals surface area contributed by atoms with E-state index in [1.54, 1.807) is 24.3 Å². The van der Waals surface area contributed by atoms with Crippen LogP contribution >= 0.6 is 0 Å². The molecule has 0 aliphatic carbocycles. The van der Waals surface area contributed by atoms with E-state index in [0.717, 1.165) is 11.1 Å². The van der Waals surface area contributed by atoms with Crippen LogP contribution in [0.4, 0.5) is 0 Å². The fourth-order valence-electron chi connectivity index (χ4n) is 2.35. The lowest BCUT2D eigenvalue weighted by Crippen LogP contribution is -2.25. The first-order chi connectivity index (χ1) is 13.1. The molecular formula is C19H24O7S2. The standard InChI is InChI=1S/C19H24O7S2/c1-15-4-8-18(9-5-15)27(20,21)25-13-12-17(14-24-3)26-28(22,23)19-10-6-16(2)7-11-19/h4-11,17H,12-14H2,1-3H3/t17-/m0/s1. The van der Waals surface area contributed by atoms with Crippen molar-refractivity contribution >= 4 is 20.2 Å². The van der Waals surface area contributed by atoms with E-state index in [-0.39, 0.29) is 29.4 Å². The van der Waals surface area contributed by atoms with Gasteiger partial charge < -0.3 is 4.74 Å². The average Bonchev–Trinajstić information content (AvgIpc) is 2.62. The Labute approximate surface area is 166 Å². The highest BCUT2D eigenvalue weighted by molar-refractivity contribution is 7.87. The van der Waals surface area contributed by atoms with Gasteiger partial charge in [0.05, 0.1) is 23.0 Å². The zero-order chi connectivity index (χ0) is 20.8. The normalized spacial score (nSPS) is 13.4. The summed E-state index contributed by atoms with van der Waals surface area (Å²) in [6.07, 6.45) is -0.867. The molecule has 0 aromatic heterocycles. The van der Waals surface area contributed by atoms with E-state index >= 15 is 0 Å². The number of ether oxygens (including phenoxy) is 1. The molecule has 9 heteroatoms. The molecule has 0 N–H and O–H groups in total. The Morgan fingerprint density at radius 3 is 1.71 bits per heavy atom. The SMILES string of the molecule is COC[C@H](CCOS(=O)(=O)c1ccc(C)cc1)OS(=O)(=O)c1ccc(C)cc1. The zero-order valence-corrected chi connectivity index (χ0v) is 17.6. The highest BCUT2D eigenvalue weighted by Gasteiger charge is 2.23. The Morgan fingerprint density at radius 1 is 0.786 bits per heavy atom. The minimum atomic E-state index is -4.01. The largest absolute Gasteiger partial charge is 0.382 e. The topological polar surface area (TPSA) is 96.0 Å². The van der Waals surface area contributed by atoms with Crippen molar-refractivity contribution in [2.24, 2.45) is 0 Å². The monoisotopic (exact) mass is 428 g/mol. The van der Waals surface area contributed by atoms with Crippen molar-refractivity contribution in [2.45, 2.75) is 36.2 Å². The van der Waals surface area contributed by atoms with Crippen molar-refractivity contribution in [3.63, 3.8) is 0 Å². The van der Waals surface area contributed by atoms with Crippen molar-refractivity contribution in [1.82, 2.24) is 0 Å². The maximum absolute atomic E-state index is 12.4. The van der Waals surface area contributed by atoms with Gasteiger partial charge in [0.25, 0.3) is 20.2 Å². The zero-order valence-electron chi connectivity index (χ0n) is 16.0. The molecule has 0 heterocycles. The van der Waals surface area contributed by atoms with Crippen LogP contribution in [0.3, 0.4) is 0 Å². The molecule has 0 fully saturated rings. The number of rotatable bonds is 10. The van der Waals surface area contributed by atoms with Gasteiger partial charge in [-0.15, -0.1) is 0 Å². The van der Waals surface area contributed by atoms with E-state index in [2.05, 4.69) is 0 Å². The van der Waals surface area contributed by atoms with E-state index in [1.165, 1.54) is 31.4 Å². The number of hydrogen-bond acceptors (Lipinski definition) is 7. The summed E-state index contributed by atoms with van der Waals surface area (Å²) in [6.45, 7) is 3.42. The predicted octanol–water partition coefficient (Wildman–Crippen LogP) is 2.82. The van der Waals surface area contributed by atoms with Crippen molar-refractivity contribution in [3.8, 4) is 0 Å². The van der Waals surface area contributed by atoms with E-state index in [1.807, 2.05) is 13.8 Å². The van der Waals surface area contributed by atoms with E-state index in [0.29, 0.717) is 0 Å². The van der Waals surface area contributed by atoms with Crippen LogP contribution in [-0.4, -0.2) is 43.3 Å². The summed E-state index contributed by atoms with van der Waals surface area (Å²) < 4.78 is 64.4. The lowest BCUT2D eigenvalue weighted by molar-refractivity contribution is 0.0709. The van der Waals surface area contributed by atoms with Crippen molar-refractivity contribution in [2.75, 3.05) is 20.3 Å². The molecule has 28 heavy (non-hydrogen) atoms. The molecule has 0 saturated heterocycles. The second-order valence-corrected chi connectivity index (χ2v) is 9.51. The van der Waals surface area contributed by atoms with Crippen LogP contribution in [0.5, 0.6) is 0 Å². The van der Waals surface area contributed by atoms with Crippen molar-refractivity contribution in [3.05, 3.63) is 59.7 Å². The summed E-state index contributed by atoms with van der Waals surface area (Å²) >= 11 is 0. The van der Waals surface area contributed by atoms with Gasteiger partial charge in [-0.25, -0.2) is 0 Å². The first kappa shape index (κ1) is 22.5. The van der Waals surface area contributed by atoms with Gasteiger partial charge in [-0.2, -0.15) is 16.8 Å². The van der Waals surface area contributed by atoms with Crippen LogP contribution in [0.1, 0.15) is 17.5 Å². The van der Waals surface area contributed by atoms with E-state index in [4.69, 9.17) is 13.1 Å². The molecule has 0 radical (unpaired) electrons. The summed E-state index contributed by atoms with van der Waals surface area (Å²) in [5.74, 6) is 0. The average molecular weight is 429 g/mol. The maximum atomic E-state index is 12.4. The predicted molar refractivity (Wildman–Crippen MR) is 104 cm³/mol. The maximum Gasteiger partial charge on any atom is 0.297 e. The molecule has 2 aromatic rings. The number of aryl methyl sites for hydroxylation is 2. The summed E-state index contributed by atoms with van der Waals surface area (Å²) in [5, 5.41) is 0. The molecule has 0 spiro atoms. The first-order valence-electron chi connectivity index (χ1n) is 8.59. The molecular weight excluding hydrogens is 404 g/mol. The van der Waals surface area contributed by atoms with Crippen molar-refractivity contribution in [1.29, 1.82) is 0 Å². The molecule has 0 bridgehead atoms. The molecule has 154 valence electrons. The second-order valence-electron chi connectivity index (χ2n) is 6.32. The molecule has 2 aromatic carbocycles. The van der Waals surface area contributed by atoms with Gasteiger partial charge >= 0.3 is 0 Å². The molecule has 2 rings (SSSR count). The van der Waals surface area contributed by atoms with Crippen LogP contribution in [0.2, 0.25) is 0 Å². The minimum Gasteiger partial charge on any atom is -0.382 e. The Kier molecular flexibility index (Phi) is 7.73. The van der Waals surface area contributed by atoms with Gasteiger partial charge in [0.15, 0.2) is 0 Å². The summed E-state index contributed by atoms with van der Waals surface area (Å²) in [6, 6.07) is 12.5. The van der Waals surface area contributed by atoms with Gasteiger partial charge in [-0.05, 0) is 38.1 Å². The fourth-order valence-corrected chi connectivity index (χ4v) is 4.36. The van der Waals surface area contributed by atoms with Gasteiger partial charge in [0.2, 0.25) is 0 Å². The van der Waals surface area contributed by atoms with Gasteiger partial charge in [-0.3, -0.25) is 8.37 Å². The summed E-state index contributed by atoms with van der Waals surface area (Å²) in [7, 11) is -6.54. The van der Waals surface area contributed by atoms with Gasteiger partial charge in [0.1, 0.15) is 6.10 Å². The number of methoxy groups -OCH3 is 1. The minimum absolute atomic E-state index is 0.0179. The third kappa shape index (κ3) is 6.39. The smallest absolute Gasteiger partial charge is 0.297 e. The highest BCUT2D eigenvalue weighted by Crippen LogP contribution is 2.18. The first-order valence-corrected chi connectivity index (χ1v) is 11.4. The third-order valence-electron chi connectivity index (χ3n) is 3.91. The second kappa shape index (κ2) is 9.62. The van der Waals surface area contributed by atoms with Crippen LogP contribution in [-0.2, 0) is 33.3 Å². The van der Waals surface area contributed by atoms with E-state index < -0.39 is 26.3 Å². The third-order valence-corrected chi connectivity index (χ3v) is 6.61. The van der Waals surface area contributed by atoms with E-state index in [9.17, 15) is 16.8 Å². The number of benzene rings is 2. The molecule has 1 atom stereocenters. The summed E-state index contributed by atoms with van der Waals surface area (Å²) in [4.78, 5) is 0.0574. The number of hydrogen-bond donors (Lipinski definition) is 0.